The summed E-state index contributed by atoms with van der Waals surface area (Å²) in [6, 6.07) is 7.53. The number of morpholine rings is 1. The molecule has 1 aliphatic heterocycles. The Labute approximate surface area is 124 Å². The maximum absolute atomic E-state index is 11.7. The van der Waals surface area contributed by atoms with E-state index in [-0.39, 0.29) is 5.91 Å². The van der Waals surface area contributed by atoms with E-state index in [0.717, 1.165) is 24.4 Å². The molecule has 0 aromatic heterocycles. The Hall–Kier alpha value is -1.92. The fourth-order valence-corrected chi connectivity index (χ4v) is 1.99. The summed E-state index contributed by atoms with van der Waals surface area (Å²) >= 11 is 0. The molecule has 1 aromatic rings. The number of nitrogens with one attached hydrogen (secondary N) is 1. The Morgan fingerprint density at radius 1 is 1.38 bits per heavy atom. The van der Waals surface area contributed by atoms with E-state index < -0.39 is 0 Å². The van der Waals surface area contributed by atoms with Gasteiger partial charge < -0.3 is 9.47 Å². The lowest BCUT2D eigenvalue weighted by Crippen LogP contribution is -2.42. The van der Waals surface area contributed by atoms with Crippen molar-refractivity contribution in [1.29, 1.82) is 0 Å². The van der Waals surface area contributed by atoms with E-state index in [1.54, 1.807) is 6.21 Å². The van der Waals surface area contributed by atoms with E-state index in [4.69, 9.17) is 9.47 Å². The van der Waals surface area contributed by atoms with Crippen LogP contribution in [0.4, 0.5) is 0 Å². The first-order chi connectivity index (χ1) is 10.3. The lowest BCUT2D eigenvalue weighted by Gasteiger charge is -2.25. The van der Waals surface area contributed by atoms with E-state index >= 15 is 0 Å². The number of hydrogen-bond acceptors (Lipinski definition) is 5. The van der Waals surface area contributed by atoms with E-state index in [1.807, 2.05) is 36.1 Å². The molecule has 6 heteroatoms. The molecule has 0 bridgehead atoms. The number of carbonyl (C=O) groups is 1. The summed E-state index contributed by atoms with van der Waals surface area (Å²) in [5.74, 6) is 0.713. The maximum Gasteiger partial charge on any atom is 0.254 e. The molecule has 1 amide bonds. The van der Waals surface area contributed by atoms with Gasteiger partial charge in [0.25, 0.3) is 5.91 Å². The highest BCUT2D eigenvalue weighted by Crippen LogP contribution is 2.10. The molecule has 0 spiro atoms. The van der Waals surface area contributed by atoms with Crippen LogP contribution in [0.25, 0.3) is 0 Å². The summed E-state index contributed by atoms with van der Waals surface area (Å²) in [5, 5.41) is 3.96. The molecule has 1 N–H and O–H groups in total. The van der Waals surface area contributed by atoms with Gasteiger partial charge in [0.15, 0.2) is 0 Å². The van der Waals surface area contributed by atoms with Crippen LogP contribution in [0, 0.1) is 0 Å². The van der Waals surface area contributed by atoms with Crippen molar-refractivity contribution in [2.75, 3.05) is 39.5 Å². The summed E-state index contributed by atoms with van der Waals surface area (Å²) in [5.41, 5.74) is 3.44. The highest BCUT2D eigenvalue weighted by molar-refractivity contribution is 5.83. The molecular weight excluding hydrogens is 270 g/mol. The quantitative estimate of drug-likeness (QED) is 0.624. The van der Waals surface area contributed by atoms with Crippen LogP contribution in [0.1, 0.15) is 12.5 Å². The van der Waals surface area contributed by atoms with Gasteiger partial charge in [-0.3, -0.25) is 9.69 Å². The van der Waals surface area contributed by atoms with Gasteiger partial charge in [-0.15, -0.1) is 0 Å². The van der Waals surface area contributed by atoms with E-state index in [1.165, 1.54) is 0 Å². The van der Waals surface area contributed by atoms with Crippen LogP contribution >= 0.6 is 0 Å². The molecule has 1 aliphatic rings. The molecule has 1 heterocycles. The molecule has 0 unspecified atom stereocenters. The smallest absolute Gasteiger partial charge is 0.254 e. The molecule has 0 saturated carbocycles. The Balaban J connectivity index is 1.74. The predicted octanol–water partition coefficient (Wildman–Crippen LogP) is 0.868. The normalized spacial score (nSPS) is 16.0. The topological polar surface area (TPSA) is 63.2 Å². The van der Waals surface area contributed by atoms with Crippen molar-refractivity contribution in [2.45, 2.75) is 6.92 Å². The highest BCUT2D eigenvalue weighted by Gasteiger charge is 2.13. The van der Waals surface area contributed by atoms with Crippen molar-refractivity contribution in [2.24, 2.45) is 5.10 Å². The van der Waals surface area contributed by atoms with Gasteiger partial charge in [-0.25, -0.2) is 5.43 Å². The number of rotatable bonds is 6. The number of carbonyl (C=O) groups excluding carboxylic acids is 1. The van der Waals surface area contributed by atoms with E-state index in [9.17, 15) is 4.79 Å². The second-order valence-electron chi connectivity index (χ2n) is 4.68. The minimum atomic E-state index is -0.112. The summed E-state index contributed by atoms with van der Waals surface area (Å²) in [7, 11) is 0. The zero-order valence-electron chi connectivity index (χ0n) is 12.2. The first kappa shape index (κ1) is 15.5. The molecule has 1 fully saturated rings. The van der Waals surface area contributed by atoms with Crippen molar-refractivity contribution in [1.82, 2.24) is 10.3 Å². The Morgan fingerprint density at radius 3 is 2.76 bits per heavy atom. The third-order valence-electron chi connectivity index (χ3n) is 3.06. The van der Waals surface area contributed by atoms with Gasteiger partial charge in [0, 0.05) is 13.1 Å². The van der Waals surface area contributed by atoms with Crippen LogP contribution in [-0.4, -0.2) is 56.5 Å². The van der Waals surface area contributed by atoms with Crippen molar-refractivity contribution in [3.05, 3.63) is 29.8 Å². The third-order valence-corrected chi connectivity index (χ3v) is 3.06. The lowest BCUT2D eigenvalue weighted by atomic mass is 10.2. The number of hydrogen-bond donors (Lipinski definition) is 1. The van der Waals surface area contributed by atoms with E-state index in [0.29, 0.717) is 26.4 Å². The molecule has 1 saturated heterocycles. The third kappa shape index (κ3) is 5.53. The minimum absolute atomic E-state index is 0.112. The number of ether oxygens (including phenoxy) is 2. The van der Waals surface area contributed by atoms with Gasteiger partial charge in [-0.05, 0) is 36.8 Å². The average molecular weight is 291 g/mol. The minimum Gasteiger partial charge on any atom is -0.494 e. The number of benzene rings is 1. The summed E-state index contributed by atoms with van der Waals surface area (Å²) in [6.07, 6.45) is 1.62. The van der Waals surface area contributed by atoms with E-state index in [2.05, 4.69) is 10.5 Å². The molecule has 1 aromatic carbocycles. The van der Waals surface area contributed by atoms with Gasteiger partial charge in [0.2, 0.25) is 0 Å². The standard InChI is InChI=1S/C15H21N3O3/c1-2-21-14-5-3-13(4-6-14)11-16-17-15(19)12-18-7-9-20-10-8-18/h3-6,11H,2,7-10,12H2,1H3,(H,17,19)/b16-11-. The van der Waals surface area contributed by atoms with Crippen LogP contribution in [0.2, 0.25) is 0 Å². The molecule has 21 heavy (non-hydrogen) atoms. The first-order valence-corrected chi connectivity index (χ1v) is 7.13. The monoisotopic (exact) mass is 291 g/mol. The fourth-order valence-electron chi connectivity index (χ4n) is 1.99. The van der Waals surface area contributed by atoms with Crippen molar-refractivity contribution in [3.8, 4) is 5.75 Å². The van der Waals surface area contributed by atoms with Crippen LogP contribution in [0.5, 0.6) is 5.75 Å². The van der Waals surface area contributed by atoms with Gasteiger partial charge in [-0.2, -0.15) is 5.10 Å². The second-order valence-corrected chi connectivity index (χ2v) is 4.68. The molecule has 0 radical (unpaired) electrons. The SMILES string of the molecule is CCOc1ccc(/C=N\NC(=O)CN2CCOCC2)cc1. The van der Waals surface area contributed by atoms with Crippen molar-refractivity contribution >= 4 is 12.1 Å². The average Bonchev–Trinajstić information content (AvgIpc) is 2.50. The van der Waals surface area contributed by atoms with Crippen LogP contribution < -0.4 is 10.2 Å². The van der Waals surface area contributed by atoms with Gasteiger partial charge in [0.05, 0.1) is 32.6 Å². The molecule has 2 rings (SSSR count). The van der Waals surface area contributed by atoms with Crippen LogP contribution in [-0.2, 0) is 9.53 Å². The summed E-state index contributed by atoms with van der Waals surface area (Å²) in [4.78, 5) is 13.8. The van der Waals surface area contributed by atoms with Crippen molar-refractivity contribution < 1.29 is 14.3 Å². The Bertz CT molecular complexity index is 468. The number of hydrazone groups is 1. The fraction of sp³-hybridized carbons (Fsp3) is 0.467. The maximum atomic E-state index is 11.7. The lowest BCUT2D eigenvalue weighted by molar-refractivity contribution is -0.123. The van der Waals surface area contributed by atoms with Gasteiger partial charge in [0.1, 0.15) is 5.75 Å². The molecule has 0 aliphatic carbocycles. The zero-order chi connectivity index (χ0) is 14.9. The molecular formula is C15H21N3O3. The van der Waals surface area contributed by atoms with Gasteiger partial charge in [-0.1, -0.05) is 0 Å². The molecule has 0 atom stereocenters. The summed E-state index contributed by atoms with van der Waals surface area (Å²) < 4.78 is 10.6. The number of nitrogens with zero attached hydrogens (tertiary/aromatic N) is 2. The number of amides is 1. The second kappa shape index (κ2) is 8.39. The highest BCUT2D eigenvalue weighted by atomic mass is 16.5. The van der Waals surface area contributed by atoms with Gasteiger partial charge >= 0.3 is 0 Å². The van der Waals surface area contributed by atoms with Crippen LogP contribution in [0.3, 0.4) is 0 Å². The largest absolute Gasteiger partial charge is 0.494 e. The Morgan fingerprint density at radius 2 is 2.10 bits per heavy atom. The molecule has 6 nitrogen and oxygen atoms in total. The molecule has 114 valence electrons. The van der Waals surface area contributed by atoms with Crippen LogP contribution in [0.15, 0.2) is 29.4 Å². The first-order valence-electron chi connectivity index (χ1n) is 7.13. The Kier molecular flexibility index (Phi) is 6.18. The predicted molar refractivity (Wildman–Crippen MR) is 80.6 cm³/mol. The summed E-state index contributed by atoms with van der Waals surface area (Å²) in [6.45, 7) is 5.88. The van der Waals surface area contributed by atoms with Crippen molar-refractivity contribution in [3.63, 3.8) is 0 Å². The zero-order valence-corrected chi connectivity index (χ0v) is 12.2.